The number of rotatable bonds is 10. The highest BCUT2D eigenvalue weighted by molar-refractivity contribution is 7.15. The van der Waals surface area contributed by atoms with Gasteiger partial charge in [-0.15, -0.1) is 21.5 Å². The summed E-state index contributed by atoms with van der Waals surface area (Å²) in [4.78, 5) is 20.9. The number of aromatic nitrogens is 3. The predicted octanol–water partition coefficient (Wildman–Crippen LogP) is 4.59. The molecule has 0 spiro atoms. The number of benzene rings is 2. The molecule has 1 saturated heterocycles. The number of ether oxygens (including phenoxy) is 4. The van der Waals surface area contributed by atoms with Crippen LogP contribution in [0.1, 0.15) is 45.2 Å². The lowest BCUT2D eigenvalue weighted by Gasteiger charge is -2.26. The standard InChI is InChI=1S/C33H37N5O5S/c1-21-35-36-29-20-34-31(26-19-25(44-33(26)38(21)29)11-12-30(39)37-13-15-43-16-14-37)24-9-7-22(8-10-24)5-6-23-17-27(40-2)32(42-4)28(18-23)41-3/h7-10,17-19H,5-6,11-16,20H2,1-4H3. The quantitative estimate of drug-likeness (QED) is 0.257. The van der Waals surface area contributed by atoms with Crippen molar-refractivity contribution in [1.82, 2.24) is 19.7 Å². The first-order chi connectivity index (χ1) is 21.5. The normalized spacial score (nSPS) is 14.4. The van der Waals surface area contributed by atoms with Crippen molar-refractivity contribution < 1.29 is 23.7 Å². The predicted molar refractivity (Wildman–Crippen MR) is 169 cm³/mol. The van der Waals surface area contributed by atoms with Gasteiger partial charge in [-0.25, -0.2) is 0 Å². The Labute approximate surface area is 261 Å². The van der Waals surface area contributed by atoms with Gasteiger partial charge in [-0.3, -0.25) is 14.4 Å². The summed E-state index contributed by atoms with van der Waals surface area (Å²) in [6.45, 7) is 4.97. The number of amides is 1. The van der Waals surface area contributed by atoms with Gasteiger partial charge in [-0.2, -0.15) is 0 Å². The van der Waals surface area contributed by atoms with E-state index >= 15 is 0 Å². The van der Waals surface area contributed by atoms with Gasteiger partial charge in [0, 0.05) is 35.5 Å². The number of methoxy groups -OCH3 is 3. The van der Waals surface area contributed by atoms with Gasteiger partial charge in [0.05, 0.1) is 40.3 Å². The molecule has 1 amide bonds. The molecule has 230 valence electrons. The fraction of sp³-hybridized carbons (Fsp3) is 0.394. The first kappa shape index (κ1) is 29.8. The number of aliphatic imine (C=N–C) groups is 1. The molecule has 0 atom stereocenters. The van der Waals surface area contributed by atoms with Gasteiger partial charge in [0.1, 0.15) is 17.4 Å². The Morgan fingerprint density at radius 1 is 0.909 bits per heavy atom. The summed E-state index contributed by atoms with van der Waals surface area (Å²) in [5.74, 6) is 3.74. The van der Waals surface area contributed by atoms with Gasteiger partial charge >= 0.3 is 0 Å². The molecule has 2 aliphatic rings. The van der Waals surface area contributed by atoms with Crippen molar-refractivity contribution >= 4 is 23.0 Å². The highest BCUT2D eigenvalue weighted by Gasteiger charge is 2.25. The molecule has 2 aliphatic heterocycles. The summed E-state index contributed by atoms with van der Waals surface area (Å²) in [6, 6.07) is 14.8. The highest BCUT2D eigenvalue weighted by Crippen LogP contribution is 2.38. The molecule has 2 aromatic heterocycles. The molecule has 0 radical (unpaired) electrons. The molecular formula is C33H37N5O5S. The van der Waals surface area contributed by atoms with E-state index in [4.69, 9.17) is 23.9 Å². The second-order valence-corrected chi connectivity index (χ2v) is 11.9. The lowest BCUT2D eigenvalue weighted by Crippen LogP contribution is -2.40. The van der Waals surface area contributed by atoms with Crippen LogP contribution in [0.3, 0.4) is 0 Å². The fourth-order valence-corrected chi connectivity index (χ4v) is 6.97. The Hall–Kier alpha value is -4.22. The second-order valence-electron chi connectivity index (χ2n) is 10.8. The van der Waals surface area contributed by atoms with Crippen molar-refractivity contribution in [2.24, 2.45) is 4.99 Å². The van der Waals surface area contributed by atoms with Crippen molar-refractivity contribution in [3.8, 4) is 22.2 Å². The third-order valence-corrected chi connectivity index (χ3v) is 9.28. The Balaban J connectivity index is 1.21. The molecular weight excluding hydrogens is 578 g/mol. The number of thiophene rings is 1. The summed E-state index contributed by atoms with van der Waals surface area (Å²) < 4.78 is 24.0. The van der Waals surface area contributed by atoms with Crippen molar-refractivity contribution in [2.45, 2.75) is 39.2 Å². The maximum atomic E-state index is 12.8. The van der Waals surface area contributed by atoms with Crippen LogP contribution < -0.4 is 14.2 Å². The van der Waals surface area contributed by atoms with E-state index < -0.39 is 0 Å². The van der Waals surface area contributed by atoms with Crippen LogP contribution in [0.25, 0.3) is 5.00 Å². The van der Waals surface area contributed by atoms with Crippen molar-refractivity contribution in [3.05, 3.63) is 81.2 Å². The van der Waals surface area contributed by atoms with Gasteiger partial charge in [0.2, 0.25) is 11.7 Å². The van der Waals surface area contributed by atoms with Gasteiger partial charge < -0.3 is 23.8 Å². The van der Waals surface area contributed by atoms with E-state index in [9.17, 15) is 4.79 Å². The van der Waals surface area contributed by atoms with Crippen LogP contribution >= 0.6 is 11.3 Å². The molecule has 44 heavy (non-hydrogen) atoms. The number of hydrogen-bond acceptors (Lipinski definition) is 9. The minimum absolute atomic E-state index is 0.175. The fourth-order valence-electron chi connectivity index (χ4n) is 5.74. The maximum absolute atomic E-state index is 12.8. The summed E-state index contributed by atoms with van der Waals surface area (Å²) in [5, 5.41) is 9.78. The molecule has 4 aromatic rings. The van der Waals surface area contributed by atoms with Crippen molar-refractivity contribution in [2.75, 3.05) is 47.6 Å². The molecule has 11 heteroatoms. The minimum Gasteiger partial charge on any atom is -0.493 e. The zero-order chi connectivity index (χ0) is 30.6. The van der Waals surface area contributed by atoms with E-state index in [0.717, 1.165) is 56.8 Å². The maximum Gasteiger partial charge on any atom is 0.223 e. The van der Waals surface area contributed by atoms with Crippen LogP contribution in [0.2, 0.25) is 0 Å². The Morgan fingerprint density at radius 2 is 1.61 bits per heavy atom. The second kappa shape index (κ2) is 13.2. The average Bonchev–Trinajstić information content (AvgIpc) is 3.61. The van der Waals surface area contributed by atoms with Gasteiger partial charge in [0.15, 0.2) is 17.3 Å². The van der Waals surface area contributed by atoms with Crippen LogP contribution in [0.5, 0.6) is 17.2 Å². The largest absolute Gasteiger partial charge is 0.493 e. The van der Waals surface area contributed by atoms with E-state index in [2.05, 4.69) is 45.1 Å². The average molecular weight is 616 g/mol. The third kappa shape index (κ3) is 6.07. The molecule has 4 heterocycles. The number of hydrogen-bond donors (Lipinski definition) is 0. The molecule has 10 nitrogen and oxygen atoms in total. The number of morpholine rings is 1. The Kier molecular flexibility index (Phi) is 8.94. The minimum atomic E-state index is 0.175. The van der Waals surface area contributed by atoms with E-state index in [1.807, 2.05) is 24.0 Å². The lowest BCUT2D eigenvalue weighted by molar-refractivity contribution is -0.135. The van der Waals surface area contributed by atoms with E-state index in [-0.39, 0.29) is 5.91 Å². The number of nitrogens with zero attached hydrogens (tertiary/aromatic N) is 5. The monoisotopic (exact) mass is 615 g/mol. The summed E-state index contributed by atoms with van der Waals surface area (Å²) >= 11 is 1.69. The van der Waals surface area contributed by atoms with Gasteiger partial charge in [-0.05, 0) is 55.5 Å². The number of fused-ring (bicyclic) bond motifs is 3. The molecule has 2 aromatic carbocycles. The van der Waals surface area contributed by atoms with E-state index in [1.165, 1.54) is 5.56 Å². The Bertz CT molecular complexity index is 1650. The molecule has 0 bridgehead atoms. The van der Waals surface area contributed by atoms with Gasteiger partial charge in [0.25, 0.3) is 0 Å². The first-order valence-corrected chi connectivity index (χ1v) is 15.6. The van der Waals surface area contributed by atoms with Crippen molar-refractivity contribution in [3.63, 3.8) is 0 Å². The summed E-state index contributed by atoms with van der Waals surface area (Å²) in [7, 11) is 4.88. The molecule has 1 fully saturated rings. The highest BCUT2D eigenvalue weighted by atomic mass is 32.1. The number of aryl methyl sites for hydroxylation is 4. The summed E-state index contributed by atoms with van der Waals surface area (Å²) in [5.41, 5.74) is 5.36. The zero-order valence-corrected chi connectivity index (χ0v) is 26.4. The summed E-state index contributed by atoms with van der Waals surface area (Å²) in [6.07, 6.45) is 2.83. The SMILES string of the molecule is COc1cc(CCc2ccc(C3=NCc4nnc(C)n4-c4sc(CCC(=O)N5CCOCC5)cc43)cc2)cc(OC)c1OC. The number of carbonyl (C=O) groups excluding carboxylic acids is 1. The molecule has 0 unspecified atom stereocenters. The Morgan fingerprint density at radius 3 is 2.30 bits per heavy atom. The molecule has 0 N–H and O–H groups in total. The topological polar surface area (TPSA) is 100 Å². The van der Waals surface area contributed by atoms with E-state index in [1.54, 1.807) is 32.7 Å². The van der Waals surface area contributed by atoms with Crippen LogP contribution in [0.15, 0.2) is 47.5 Å². The molecule has 6 rings (SSSR count). The molecule has 0 aliphatic carbocycles. The first-order valence-electron chi connectivity index (χ1n) is 14.8. The van der Waals surface area contributed by atoms with E-state index in [0.29, 0.717) is 62.9 Å². The molecule has 0 saturated carbocycles. The van der Waals surface area contributed by atoms with Crippen LogP contribution in [0, 0.1) is 6.92 Å². The zero-order valence-electron chi connectivity index (χ0n) is 25.6. The van der Waals surface area contributed by atoms with Crippen LogP contribution in [0.4, 0.5) is 0 Å². The van der Waals surface area contributed by atoms with Crippen LogP contribution in [-0.2, 0) is 35.3 Å². The van der Waals surface area contributed by atoms with Crippen LogP contribution in [-0.4, -0.2) is 78.9 Å². The number of carbonyl (C=O) groups is 1. The van der Waals surface area contributed by atoms with Crippen molar-refractivity contribution in [1.29, 1.82) is 0 Å². The van der Waals surface area contributed by atoms with Gasteiger partial charge in [-0.1, -0.05) is 24.3 Å². The third-order valence-electron chi connectivity index (χ3n) is 8.10. The smallest absolute Gasteiger partial charge is 0.223 e. The lowest BCUT2D eigenvalue weighted by atomic mass is 9.99.